The zero-order chi connectivity index (χ0) is 24.6. The maximum atomic E-state index is 12.9. The molecule has 3 aromatic carbocycles. The van der Waals surface area contributed by atoms with Crippen molar-refractivity contribution in [3.63, 3.8) is 0 Å². The van der Waals surface area contributed by atoms with Crippen LogP contribution in [0.15, 0.2) is 84.0 Å². The largest absolute Gasteiger partial charge is 0.497 e. The predicted molar refractivity (Wildman–Crippen MR) is 136 cm³/mol. The number of methoxy groups -OCH3 is 2. The van der Waals surface area contributed by atoms with Crippen molar-refractivity contribution in [3.8, 4) is 22.9 Å². The highest BCUT2D eigenvalue weighted by Gasteiger charge is 2.22. The van der Waals surface area contributed by atoms with Crippen LogP contribution in [-0.4, -0.2) is 40.1 Å². The second-order valence-electron chi connectivity index (χ2n) is 7.48. The van der Waals surface area contributed by atoms with Crippen molar-refractivity contribution < 1.29 is 19.0 Å². The maximum Gasteiger partial charge on any atom is 0.237 e. The lowest BCUT2D eigenvalue weighted by atomic mass is 10.3. The van der Waals surface area contributed by atoms with Crippen LogP contribution in [0.5, 0.6) is 17.2 Å². The number of hydrogen-bond acceptors (Lipinski definition) is 7. The minimum absolute atomic E-state index is 0.168. The Hall–Kier alpha value is -3.98. The third kappa shape index (κ3) is 5.93. The molecule has 4 aromatic rings. The number of benzene rings is 3. The van der Waals surface area contributed by atoms with E-state index in [4.69, 9.17) is 14.2 Å². The summed E-state index contributed by atoms with van der Waals surface area (Å²) in [7, 11) is 3.19. The topological polar surface area (TPSA) is 87.5 Å². The Balaban J connectivity index is 1.52. The van der Waals surface area contributed by atoms with Crippen molar-refractivity contribution >= 4 is 23.4 Å². The fourth-order valence-corrected chi connectivity index (χ4v) is 4.21. The Kier molecular flexibility index (Phi) is 7.89. The highest BCUT2D eigenvalue weighted by molar-refractivity contribution is 8.00. The fourth-order valence-electron chi connectivity index (χ4n) is 3.32. The smallest absolute Gasteiger partial charge is 0.237 e. The van der Waals surface area contributed by atoms with E-state index in [0.29, 0.717) is 28.2 Å². The second-order valence-corrected chi connectivity index (χ2v) is 8.79. The molecule has 0 saturated heterocycles. The Morgan fingerprint density at radius 1 is 0.914 bits per heavy atom. The van der Waals surface area contributed by atoms with Gasteiger partial charge in [0.25, 0.3) is 0 Å². The molecule has 9 heteroatoms. The van der Waals surface area contributed by atoms with Crippen LogP contribution in [-0.2, 0) is 11.4 Å². The molecule has 1 atom stereocenters. The summed E-state index contributed by atoms with van der Waals surface area (Å²) >= 11 is 1.32. The Morgan fingerprint density at radius 2 is 1.60 bits per heavy atom. The summed E-state index contributed by atoms with van der Waals surface area (Å²) in [5.41, 5.74) is 1.50. The van der Waals surface area contributed by atoms with Crippen molar-refractivity contribution in [1.82, 2.24) is 14.8 Å². The molecule has 0 fully saturated rings. The molecule has 0 bridgehead atoms. The van der Waals surface area contributed by atoms with Gasteiger partial charge in [0, 0.05) is 5.69 Å². The Bertz CT molecular complexity index is 1260. The van der Waals surface area contributed by atoms with E-state index in [0.717, 1.165) is 11.4 Å². The third-order valence-corrected chi connectivity index (χ3v) is 6.20. The highest BCUT2D eigenvalue weighted by atomic mass is 32.2. The van der Waals surface area contributed by atoms with Crippen LogP contribution >= 0.6 is 11.8 Å². The lowest BCUT2D eigenvalue weighted by Crippen LogP contribution is -2.23. The molecule has 0 aliphatic heterocycles. The third-order valence-electron chi connectivity index (χ3n) is 5.16. The van der Waals surface area contributed by atoms with Crippen LogP contribution in [0.25, 0.3) is 5.69 Å². The van der Waals surface area contributed by atoms with Gasteiger partial charge in [-0.15, -0.1) is 10.2 Å². The van der Waals surface area contributed by atoms with E-state index in [1.165, 1.54) is 11.8 Å². The number of amides is 1. The molecule has 1 aromatic heterocycles. The number of carbonyl (C=O) groups is 1. The molecule has 0 aliphatic rings. The number of rotatable bonds is 10. The molecule has 4 rings (SSSR count). The quantitative estimate of drug-likeness (QED) is 0.314. The summed E-state index contributed by atoms with van der Waals surface area (Å²) < 4.78 is 18.4. The van der Waals surface area contributed by atoms with Crippen molar-refractivity contribution in [3.05, 3.63) is 84.7 Å². The number of para-hydroxylation sites is 3. The Labute approximate surface area is 208 Å². The first-order chi connectivity index (χ1) is 17.1. The van der Waals surface area contributed by atoms with Crippen LogP contribution in [0.2, 0.25) is 0 Å². The summed E-state index contributed by atoms with van der Waals surface area (Å²) in [6.45, 7) is 2.03. The van der Waals surface area contributed by atoms with Gasteiger partial charge in [-0.05, 0) is 55.5 Å². The van der Waals surface area contributed by atoms with Gasteiger partial charge in [-0.25, -0.2) is 0 Å². The van der Waals surface area contributed by atoms with Crippen molar-refractivity contribution in [1.29, 1.82) is 0 Å². The van der Waals surface area contributed by atoms with E-state index in [9.17, 15) is 4.79 Å². The average molecular weight is 491 g/mol. The van der Waals surface area contributed by atoms with Gasteiger partial charge in [-0.1, -0.05) is 42.1 Å². The highest BCUT2D eigenvalue weighted by Crippen LogP contribution is 2.29. The van der Waals surface area contributed by atoms with E-state index in [-0.39, 0.29) is 12.5 Å². The van der Waals surface area contributed by atoms with E-state index in [2.05, 4.69) is 15.5 Å². The van der Waals surface area contributed by atoms with Crippen LogP contribution < -0.4 is 19.5 Å². The molecule has 180 valence electrons. The molecule has 0 saturated carbocycles. The van der Waals surface area contributed by atoms with Crippen LogP contribution in [0.3, 0.4) is 0 Å². The number of ether oxygens (including phenoxy) is 3. The number of carbonyl (C=O) groups excluding carboxylic acids is 1. The molecule has 1 heterocycles. The van der Waals surface area contributed by atoms with Gasteiger partial charge in [0.15, 0.2) is 11.0 Å². The van der Waals surface area contributed by atoms with Gasteiger partial charge in [-0.3, -0.25) is 9.36 Å². The molecular formula is C26H26N4O4S. The summed E-state index contributed by atoms with van der Waals surface area (Å²) in [5.74, 6) is 2.49. The molecule has 1 N–H and O–H groups in total. The molecule has 1 amide bonds. The van der Waals surface area contributed by atoms with E-state index < -0.39 is 5.25 Å². The zero-order valence-corrected chi connectivity index (χ0v) is 20.5. The number of anilines is 1. The normalized spacial score (nSPS) is 11.5. The first-order valence-electron chi connectivity index (χ1n) is 11.0. The van der Waals surface area contributed by atoms with Gasteiger partial charge in [-0.2, -0.15) is 0 Å². The van der Waals surface area contributed by atoms with Gasteiger partial charge in [0.1, 0.15) is 23.9 Å². The number of thioether (sulfide) groups is 1. The number of nitrogens with one attached hydrogen (secondary N) is 1. The number of aromatic nitrogens is 3. The van der Waals surface area contributed by atoms with E-state index in [1.54, 1.807) is 26.4 Å². The fraction of sp³-hybridized carbons (Fsp3) is 0.192. The van der Waals surface area contributed by atoms with E-state index in [1.807, 2.05) is 78.2 Å². The minimum atomic E-state index is -0.443. The number of hydrogen-bond donors (Lipinski definition) is 1. The average Bonchev–Trinajstić information content (AvgIpc) is 3.30. The van der Waals surface area contributed by atoms with Crippen molar-refractivity contribution in [2.45, 2.75) is 23.9 Å². The standard InChI is InChI=1S/C26H26N4O4S/c1-18(25(31)27-22-11-7-8-12-23(22)33-3)35-26-29-28-24(30(26)19-9-5-4-6-10-19)17-34-21-15-13-20(32-2)14-16-21/h4-16,18H,17H2,1-3H3,(H,27,31). The van der Waals surface area contributed by atoms with Crippen molar-refractivity contribution in [2.75, 3.05) is 19.5 Å². The lowest BCUT2D eigenvalue weighted by Gasteiger charge is -2.15. The zero-order valence-electron chi connectivity index (χ0n) is 19.7. The van der Waals surface area contributed by atoms with Crippen molar-refractivity contribution in [2.24, 2.45) is 0 Å². The SMILES string of the molecule is COc1ccc(OCc2nnc(SC(C)C(=O)Nc3ccccc3OC)n2-c2ccccc2)cc1. The number of nitrogens with zero attached hydrogens (tertiary/aromatic N) is 3. The first kappa shape index (κ1) is 24.2. The monoisotopic (exact) mass is 490 g/mol. The van der Waals surface area contributed by atoms with Gasteiger partial charge < -0.3 is 19.5 Å². The first-order valence-corrected chi connectivity index (χ1v) is 11.8. The van der Waals surface area contributed by atoms with E-state index >= 15 is 0 Å². The molecule has 0 spiro atoms. The predicted octanol–water partition coefficient (Wildman–Crippen LogP) is 4.98. The molecule has 8 nitrogen and oxygen atoms in total. The second kappa shape index (κ2) is 11.4. The van der Waals surface area contributed by atoms with Crippen LogP contribution in [0.4, 0.5) is 5.69 Å². The van der Waals surface area contributed by atoms with Crippen LogP contribution in [0.1, 0.15) is 12.7 Å². The van der Waals surface area contributed by atoms with Gasteiger partial charge >= 0.3 is 0 Å². The summed E-state index contributed by atoms with van der Waals surface area (Å²) in [6, 6.07) is 24.4. The summed E-state index contributed by atoms with van der Waals surface area (Å²) in [4.78, 5) is 12.9. The van der Waals surface area contributed by atoms with Gasteiger partial charge in [0.05, 0.1) is 25.2 Å². The molecule has 35 heavy (non-hydrogen) atoms. The molecular weight excluding hydrogens is 464 g/mol. The summed E-state index contributed by atoms with van der Waals surface area (Å²) in [6.07, 6.45) is 0. The molecule has 0 radical (unpaired) electrons. The lowest BCUT2D eigenvalue weighted by molar-refractivity contribution is -0.115. The maximum absolute atomic E-state index is 12.9. The minimum Gasteiger partial charge on any atom is -0.497 e. The van der Waals surface area contributed by atoms with Gasteiger partial charge in [0.2, 0.25) is 5.91 Å². The van der Waals surface area contributed by atoms with Crippen LogP contribution in [0, 0.1) is 0 Å². The Morgan fingerprint density at radius 3 is 2.31 bits per heavy atom. The molecule has 0 aliphatic carbocycles. The summed E-state index contributed by atoms with van der Waals surface area (Å²) in [5, 5.41) is 11.8. The molecule has 1 unspecified atom stereocenters.